The van der Waals surface area contributed by atoms with Crippen molar-refractivity contribution >= 4 is 23.1 Å². The SMILES string of the molecule is [CH2-]C/C=C/CCOCOCCC.[I-].[Mg+2]. The number of ether oxygens (including phenoxy) is 2. The fraction of sp³-hybridized carbons (Fsp3) is 0.700. The van der Waals surface area contributed by atoms with Gasteiger partial charge < -0.3 is 40.4 Å². The van der Waals surface area contributed by atoms with Crippen LogP contribution in [0.3, 0.4) is 0 Å². The van der Waals surface area contributed by atoms with Crippen molar-refractivity contribution in [3.05, 3.63) is 19.1 Å². The first-order valence-electron chi connectivity index (χ1n) is 4.51. The summed E-state index contributed by atoms with van der Waals surface area (Å²) >= 11 is 0. The van der Waals surface area contributed by atoms with Gasteiger partial charge in [-0.1, -0.05) is 13.0 Å². The summed E-state index contributed by atoms with van der Waals surface area (Å²) in [6.07, 6.45) is 6.96. The third-order valence-electron chi connectivity index (χ3n) is 1.28. The Morgan fingerprint density at radius 3 is 2.36 bits per heavy atom. The van der Waals surface area contributed by atoms with Gasteiger partial charge in [0.2, 0.25) is 0 Å². The number of hydrogen-bond donors (Lipinski definition) is 0. The van der Waals surface area contributed by atoms with Crippen LogP contribution >= 0.6 is 0 Å². The van der Waals surface area contributed by atoms with Crippen LogP contribution in [0.1, 0.15) is 26.2 Å². The molecule has 0 rings (SSSR count). The Morgan fingerprint density at radius 1 is 1.14 bits per heavy atom. The van der Waals surface area contributed by atoms with Crippen LogP contribution in [0.25, 0.3) is 0 Å². The molecular weight excluding hydrogens is 303 g/mol. The van der Waals surface area contributed by atoms with E-state index < -0.39 is 0 Å². The van der Waals surface area contributed by atoms with E-state index in [4.69, 9.17) is 9.47 Å². The van der Waals surface area contributed by atoms with Crippen LogP contribution in [0.2, 0.25) is 0 Å². The molecule has 0 spiro atoms. The summed E-state index contributed by atoms with van der Waals surface area (Å²) in [5.74, 6) is 0. The molecule has 14 heavy (non-hydrogen) atoms. The zero-order valence-electron chi connectivity index (χ0n) is 9.01. The van der Waals surface area contributed by atoms with E-state index in [0.717, 1.165) is 32.5 Å². The molecule has 0 bridgehead atoms. The van der Waals surface area contributed by atoms with Gasteiger partial charge in [-0.25, -0.2) is 0 Å². The average Bonchev–Trinajstić information content (AvgIpc) is 2.10. The molecule has 0 atom stereocenters. The van der Waals surface area contributed by atoms with E-state index in [-0.39, 0.29) is 47.0 Å². The molecular formula is C10H19IMgO2. The van der Waals surface area contributed by atoms with Gasteiger partial charge in [0.1, 0.15) is 6.79 Å². The average molecular weight is 322 g/mol. The molecule has 0 saturated heterocycles. The zero-order valence-corrected chi connectivity index (χ0v) is 12.6. The molecule has 0 saturated carbocycles. The van der Waals surface area contributed by atoms with Gasteiger partial charge in [0.05, 0.1) is 6.61 Å². The summed E-state index contributed by atoms with van der Waals surface area (Å²) in [7, 11) is 0. The van der Waals surface area contributed by atoms with Gasteiger partial charge in [-0.15, -0.1) is 6.08 Å². The molecule has 0 aliphatic rings. The molecule has 0 heterocycles. The summed E-state index contributed by atoms with van der Waals surface area (Å²) in [6.45, 7) is 7.72. The smallest absolute Gasteiger partial charge is 1.00 e. The van der Waals surface area contributed by atoms with E-state index in [2.05, 4.69) is 19.9 Å². The molecule has 0 aliphatic heterocycles. The molecule has 2 nitrogen and oxygen atoms in total. The third-order valence-corrected chi connectivity index (χ3v) is 1.28. The van der Waals surface area contributed by atoms with Crippen LogP contribution in [-0.2, 0) is 9.47 Å². The minimum Gasteiger partial charge on any atom is -1.00 e. The molecule has 0 radical (unpaired) electrons. The van der Waals surface area contributed by atoms with Crippen LogP contribution in [0.5, 0.6) is 0 Å². The summed E-state index contributed by atoms with van der Waals surface area (Å²) in [6, 6.07) is 0. The normalized spacial score (nSPS) is 9.57. The fourth-order valence-electron chi connectivity index (χ4n) is 0.708. The maximum Gasteiger partial charge on any atom is 2.00 e. The van der Waals surface area contributed by atoms with Crippen molar-refractivity contribution in [3.63, 3.8) is 0 Å². The molecule has 4 heteroatoms. The number of halogens is 1. The minimum atomic E-state index is 0. The van der Waals surface area contributed by atoms with Gasteiger partial charge in [-0.2, -0.15) is 6.42 Å². The van der Waals surface area contributed by atoms with Crippen molar-refractivity contribution in [3.8, 4) is 0 Å². The molecule has 0 amide bonds. The molecule has 0 N–H and O–H groups in total. The molecule has 0 aromatic rings. The summed E-state index contributed by atoms with van der Waals surface area (Å²) in [5, 5.41) is 0. The summed E-state index contributed by atoms with van der Waals surface area (Å²) < 4.78 is 10.3. The summed E-state index contributed by atoms with van der Waals surface area (Å²) in [4.78, 5) is 0. The molecule has 0 aromatic carbocycles. The molecule has 0 aliphatic carbocycles. The van der Waals surface area contributed by atoms with Gasteiger partial charge in [-0.05, 0) is 12.8 Å². The Bertz CT molecular complexity index is 110. The maximum atomic E-state index is 5.19. The molecule has 0 fully saturated rings. The minimum absolute atomic E-state index is 0. The van der Waals surface area contributed by atoms with Crippen LogP contribution < -0.4 is 24.0 Å². The van der Waals surface area contributed by atoms with Gasteiger partial charge in [0.25, 0.3) is 0 Å². The topological polar surface area (TPSA) is 18.5 Å². The van der Waals surface area contributed by atoms with Crippen molar-refractivity contribution < 1.29 is 33.5 Å². The first-order valence-corrected chi connectivity index (χ1v) is 4.51. The molecule has 0 unspecified atom stereocenters. The quantitative estimate of drug-likeness (QED) is 0.145. The van der Waals surface area contributed by atoms with Crippen LogP contribution in [0.4, 0.5) is 0 Å². The molecule has 80 valence electrons. The van der Waals surface area contributed by atoms with E-state index >= 15 is 0 Å². The van der Waals surface area contributed by atoms with Crippen molar-refractivity contribution in [2.45, 2.75) is 26.2 Å². The monoisotopic (exact) mass is 322 g/mol. The van der Waals surface area contributed by atoms with Crippen molar-refractivity contribution in [1.82, 2.24) is 0 Å². The van der Waals surface area contributed by atoms with E-state index in [1.165, 1.54) is 0 Å². The summed E-state index contributed by atoms with van der Waals surface area (Å²) in [5.41, 5.74) is 0. The maximum absolute atomic E-state index is 5.19. The van der Waals surface area contributed by atoms with E-state index in [1.54, 1.807) is 0 Å². The van der Waals surface area contributed by atoms with Gasteiger partial charge >= 0.3 is 23.1 Å². The van der Waals surface area contributed by atoms with Crippen molar-refractivity contribution in [2.24, 2.45) is 0 Å². The predicted octanol–water partition coefficient (Wildman–Crippen LogP) is -0.819. The predicted molar refractivity (Wildman–Crippen MR) is 56.5 cm³/mol. The number of hydrogen-bond acceptors (Lipinski definition) is 2. The second-order valence-electron chi connectivity index (χ2n) is 2.48. The zero-order chi connectivity index (χ0) is 9.07. The largest absolute Gasteiger partial charge is 2.00 e. The molecule has 0 aromatic heterocycles. The van der Waals surface area contributed by atoms with Crippen LogP contribution in [-0.4, -0.2) is 43.1 Å². The van der Waals surface area contributed by atoms with Crippen LogP contribution in [0, 0.1) is 6.92 Å². The van der Waals surface area contributed by atoms with E-state index in [0.29, 0.717) is 6.79 Å². The second-order valence-corrected chi connectivity index (χ2v) is 2.48. The fourth-order valence-corrected chi connectivity index (χ4v) is 0.708. The van der Waals surface area contributed by atoms with Gasteiger partial charge in [-0.3, -0.25) is 0 Å². The Hall–Kier alpha value is 1.16. The Balaban J connectivity index is -0.000000605. The Kier molecular flexibility index (Phi) is 28.9. The standard InChI is InChI=1S/C10H19O2.HI.Mg/c1-3-5-6-7-9-12-10-11-8-4-2;;/h5-6H,1,3-4,7-10H2,2H3;1H;/q-1;;+2/p-1/b6-5+;;. The number of allylic oxidation sites excluding steroid dienone is 1. The van der Waals surface area contributed by atoms with E-state index in [9.17, 15) is 0 Å². The third kappa shape index (κ3) is 18.8. The first-order chi connectivity index (χ1) is 5.91. The van der Waals surface area contributed by atoms with Crippen molar-refractivity contribution in [1.29, 1.82) is 0 Å². The van der Waals surface area contributed by atoms with Gasteiger partial charge in [0, 0.05) is 6.61 Å². The van der Waals surface area contributed by atoms with Crippen molar-refractivity contribution in [2.75, 3.05) is 20.0 Å². The Labute approximate surface area is 121 Å². The Morgan fingerprint density at radius 2 is 1.79 bits per heavy atom. The first kappa shape index (κ1) is 20.6. The second kappa shape index (κ2) is 19.7. The van der Waals surface area contributed by atoms with Gasteiger partial charge in [0.15, 0.2) is 0 Å². The van der Waals surface area contributed by atoms with E-state index in [1.807, 2.05) is 6.08 Å². The van der Waals surface area contributed by atoms with Crippen LogP contribution in [0.15, 0.2) is 12.2 Å². The number of rotatable bonds is 8.